The molecule has 1 fully saturated rings. The van der Waals surface area contributed by atoms with Gasteiger partial charge in [-0.25, -0.2) is 0 Å². The van der Waals surface area contributed by atoms with Crippen LogP contribution in [0.15, 0.2) is 30.3 Å². The summed E-state index contributed by atoms with van der Waals surface area (Å²) < 4.78 is 0.729. The summed E-state index contributed by atoms with van der Waals surface area (Å²) in [7, 11) is 0. The molecule has 0 radical (unpaired) electrons. The van der Waals surface area contributed by atoms with E-state index in [0.29, 0.717) is 13.0 Å². The highest BCUT2D eigenvalue weighted by Crippen LogP contribution is 2.19. The SMILES string of the molecule is O=C1CCSC(=S)N1CCc1ccccc1. The molecule has 0 aromatic heterocycles. The van der Waals surface area contributed by atoms with Crippen LogP contribution >= 0.6 is 24.0 Å². The van der Waals surface area contributed by atoms with Gasteiger partial charge in [0.2, 0.25) is 5.91 Å². The van der Waals surface area contributed by atoms with E-state index in [1.165, 1.54) is 5.56 Å². The highest BCUT2D eigenvalue weighted by molar-refractivity contribution is 8.23. The van der Waals surface area contributed by atoms with Crippen LogP contribution in [0.3, 0.4) is 0 Å². The molecule has 0 atom stereocenters. The fraction of sp³-hybridized carbons (Fsp3) is 0.333. The number of hydrogen-bond acceptors (Lipinski definition) is 3. The molecule has 16 heavy (non-hydrogen) atoms. The third kappa shape index (κ3) is 2.83. The lowest BCUT2D eigenvalue weighted by atomic mass is 10.1. The molecule has 0 N–H and O–H groups in total. The van der Waals surface area contributed by atoms with Gasteiger partial charge in [0.1, 0.15) is 4.32 Å². The molecule has 1 heterocycles. The van der Waals surface area contributed by atoms with E-state index in [2.05, 4.69) is 12.1 Å². The lowest BCUT2D eigenvalue weighted by Gasteiger charge is -2.26. The zero-order chi connectivity index (χ0) is 11.4. The largest absolute Gasteiger partial charge is 0.297 e. The zero-order valence-electron chi connectivity index (χ0n) is 8.89. The van der Waals surface area contributed by atoms with Gasteiger partial charge in [-0.2, -0.15) is 0 Å². The monoisotopic (exact) mass is 251 g/mol. The number of carbonyl (C=O) groups excluding carboxylic acids is 1. The molecule has 2 nitrogen and oxygen atoms in total. The molecule has 1 aliphatic rings. The fourth-order valence-electron chi connectivity index (χ4n) is 1.64. The number of benzene rings is 1. The zero-order valence-corrected chi connectivity index (χ0v) is 10.5. The van der Waals surface area contributed by atoms with Gasteiger partial charge in [-0.1, -0.05) is 54.3 Å². The van der Waals surface area contributed by atoms with Crippen LogP contribution in [0.25, 0.3) is 0 Å². The third-order valence-electron chi connectivity index (χ3n) is 2.53. The van der Waals surface area contributed by atoms with Gasteiger partial charge in [0.25, 0.3) is 0 Å². The number of hydrogen-bond donors (Lipinski definition) is 0. The van der Waals surface area contributed by atoms with Crippen LogP contribution in [-0.4, -0.2) is 27.4 Å². The molecule has 0 spiro atoms. The Hall–Kier alpha value is -0.870. The molecular formula is C12H13NOS2. The van der Waals surface area contributed by atoms with Gasteiger partial charge in [0.15, 0.2) is 0 Å². The molecule has 0 saturated carbocycles. The molecule has 1 aromatic rings. The van der Waals surface area contributed by atoms with E-state index < -0.39 is 0 Å². The highest BCUT2D eigenvalue weighted by atomic mass is 32.2. The van der Waals surface area contributed by atoms with Crippen molar-refractivity contribution in [2.45, 2.75) is 12.8 Å². The molecular weight excluding hydrogens is 238 g/mol. The number of thioether (sulfide) groups is 1. The van der Waals surface area contributed by atoms with Gasteiger partial charge < -0.3 is 0 Å². The Morgan fingerprint density at radius 2 is 2.06 bits per heavy atom. The van der Waals surface area contributed by atoms with Crippen molar-refractivity contribution in [3.8, 4) is 0 Å². The van der Waals surface area contributed by atoms with E-state index in [0.717, 1.165) is 16.5 Å². The second-order valence-corrected chi connectivity index (χ2v) is 5.37. The van der Waals surface area contributed by atoms with E-state index >= 15 is 0 Å². The molecule has 4 heteroatoms. The van der Waals surface area contributed by atoms with Crippen molar-refractivity contribution in [3.05, 3.63) is 35.9 Å². The number of thiocarbonyl (C=S) groups is 1. The van der Waals surface area contributed by atoms with Gasteiger partial charge in [0, 0.05) is 18.7 Å². The van der Waals surface area contributed by atoms with Gasteiger partial charge >= 0.3 is 0 Å². The van der Waals surface area contributed by atoms with Crippen LogP contribution in [0.2, 0.25) is 0 Å². The van der Waals surface area contributed by atoms with Crippen LogP contribution in [0.4, 0.5) is 0 Å². The lowest BCUT2D eigenvalue weighted by Crippen LogP contribution is -2.39. The van der Waals surface area contributed by atoms with Crippen molar-refractivity contribution in [3.63, 3.8) is 0 Å². The quantitative estimate of drug-likeness (QED) is 0.770. The summed E-state index contributed by atoms with van der Waals surface area (Å²) >= 11 is 6.79. The van der Waals surface area contributed by atoms with Crippen LogP contribution in [0.1, 0.15) is 12.0 Å². The van der Waals surface area contributed by atoms with E-state index in [4.69, 9.17) is 12.2 Å². The van der Waals surface area contributed by atoms with E-state index in [9.17, 15) is 4.79 Å². The molecule has 1 saturated heterocycles. The summed E-state index contributed by atoms with van der Waals surface area (Å²) in [6.45, 7) is 0.703. The van der Waals surface area contributed by atoms with Crippen molar-refractivity contribution >= 4 is 34.2 Å². The predicted molar refractivity (Wildman–Crippen MR) is 71.5 cm³/mol. The summed E-state index contributed by atoms with van der Waals surface area (Å²) in [6.07, 6.45) is 1.48. The number of rotatable bonds is 3. The smallest absolute Gasteiger partial charge is 0.228 e. The first kappa shape index (κ1) is 11.6. The van der Waals surface area contributed by atoms with Gasteiger partial charge in [-0.3, -0.25) is 9.69 Å². The Balaban J connectivity index is 1.94. The maximum Gasteiger partial charge on any atom is 0.228 e. The first-order valence-corrected chi connectivity index (χ1v) is 6.68. The minimum absolute atomic E-state index is 0.166. The minimum atomic E-state index is 0.166. The summed E-state index contributed by atoms with van der Waals surface area (Å²) in [5.41, 5.74) is 1.24. The Labute approximate surface area is 105 Å². The molecule has 1 amide bonds. The number of nitrogens with zero attached hydrogens (tertiary/aromatic N) is 1. The topological polar surface area (TPSA) is 20.3 Å². The van der Waals surface area contributed by atoms with Gasteiger partial charge in [-0.15, -0.1) is 0 Å². The number of amides is 1. The lowest BCUT2D eigenvalue weighted by molar-refractivity contribution is -0.126. The average Bonchev–Trinajstić information content (AvgIpc) is 2.30. The maximum absolute atomic E-state index is 11.7. The van der Waals surface area contributed by atoms with Gasteiger partial charge in [0.05, 0.1) is 0 Å². The highest BCUT2D eigenvalue weighted by Gasteiger charge is 2.22. The molecule has 0 unspecified atom stereocenters. The minimum Gasteiger partial charge on any atom is -0.297 e. The predicted octanol–water partition coefficient (Wildman–Crippen LogP) is 2.48. The Morgan fingerprint density at radius 3 is 2.75 bits per heavy atom. The van der Waals surface area contributed by atoms with Crippen molar-refractivity contribution in [2.24, 2.45) is 0 Å². The fourth-order valence-corrected chi connectivity index (χ4v) is 2.89. The Kier molecular flexibility index (Phi) is 3.96. The maximum atomic E-state index is 11.7. The molecule has 1 aliphatic heterocycles. The van der Waals surface area contributed by atoms with E-state index in [-0.39, 0.29) is 5.91 Å². The second kappa shape index (κ2) is 5.46. The van der Waals surface area contributed by atoms with Crippen LogP contribution in [0.5, 0.6) is 0 Å². The van der Waals surface area contributed by atoms with Crippen molar-refractivity contribution in [2.75, 3.05) is 12.3 Å². The molecule has 84 valence electrons. The first-order valence-electron chi connectivity index (χ1n) is 5.28. The van der Waals surface area contributed by atoms with Gasteiger partial charge in [-0.05, 0) is 12.0 Å². The number of carbonyl (C=O) groups is 1. The van der Waals surface area contributed by atoms with Crippen LogP contribution in [0, 0.1) is 0 Å². The second-order valence-electron chi connectivity index (χ2n) is 3.65. The summed E-state index contributed by atoms with van der Waals surface area (Å²) in [4.78, 5) is 13.4. The molecule has 0 bridgehead atoms. The third-order valence-corrected chi connectivity index (χ3v) is 3.98. The first-order chi connectivity index (χ1) is 7.77. The summed E-state index contributed by atoms with van der Waals surface area (Å²) in [6, 6.07) is 10.2. The van der Waals surface area contributed by atoms with Crippen LogP contribution in [-0.2, 0) is 11.2 Å². The molecule has 0 aliphatic carbocycles. The van der Waals surface area contributed by atoms with E-state index in [1.54, 1.807) is 16.7 Å². The Morgan fingerprint density at radius 1 is 1.31 bits per heavy atom. The van der Waals surface area contributed by atoms with Crippen molar-refractivity contribution in [1.29, 1.82) is 0 Å². The molecule has 2 rings (SSSR count). The van der Waals surface area contributed by atoms with Crippen LogP contribution < -0.4 is 0 Å². The standard InChI is InChI=1S/C12H13NOS2/c14-11-7-9-16-12(15)13(11)8-6-10-4-2-1-3-5-10/h1-5H,6-9H2. The molecule has 1 aromatic carbocycles. The van der Waals surface area contributed by atoms with Crippen molar-refractivity contribution < 1.29 is 4.79 Å². The van der Waals surface area contributed by atoms with E-state index in [1.807, 2.05) is 18.2 Å². The average molecular weight is 251 g/mol. The summed E-state index contributed by atoms with van der Waals surface area (Å²) in [5.74, 6) is 0.999. The van der Waals surface area contributed by atoms with Crippen molar-refractivity contribution in [1.82, 2.24) is 4.90 Å². The summed E-state index contributed by atoms with van der Waals surface area (Å²) in [5, 5.41) is 0. The normalized spacial score (nSPS) is 16.6. The Bertz CT molecular complexity index is 375.